The minimum atomic E-state index is -4.93. The van der Waals surface area contributed by atoms with Crippen LogP contribution >= 0.6 is 34.5 Å². The van der Waals surface area contributed by atoms with Gasteiger partial charge in [-0.2, -0.15) is 8.42 Å². The van der Waals surface area contributed by atoms with E-state index < -0.39 is 52.0 Å². The van der Waals surface area contributed by atoms with Crippen LogP contribution < -0.4 is 10.6 Å². The summed E-state index contributed by atoms with van der Waals surface area (Å²) in [6.07, 6.45) is -0.235. The second-order valence-corrected chi connectivity index (χ2v) is 8.80. The Kier molecular flexibility index (Phi) is 12.1. The van der Waals surface area contributed by atoms with Crippen LogP contribution in [0.25, 0.3) is 0 Å². The van der Waals surface area contributed by atoms with Gasteiger partial charge in [-0.15, -0.1) is 34.5 Å². The normalized spacial score (nSPS) is 17.8. The van der Waals surface area contributed by atoms with Crippen LogP contribution in [0.3, 0.4) is 0 Å². The molecule has 0 bridgehead atoms. The van der Waals surface area contributed by atoms with Crippen molar-refractivity contribution in [3.8, 4) is 0 Å². The Morgan fingerprint density at radius 3 is 2.56 bits per heavy atom. The number of anilines is 1. The fourth-order valence-corrected chi connectivity index (χ4v) is 4.44. The van der Waals surface area contributed by atoms with Crippen LogP contribution in [0.15, 0.2) is 10.5 Å². The number of carbonyl (C=O) groups excluding carboxylic acids is 4. The fraction of sp³-hybridized carbons (Fsp3) is 0.467. The Morgan fingerprint density at radius 1 is 1.32 bits per heavy atom. The van der Waals surface area contributed by atoms with Gasteiger partial charge < -0.3 is 20.2 Å². The Labute approximate surface area is 229 Å². The molecule has 34 heavy (non-hydrogen) atoms. The van der Waals surface area contributed by atoms with Crippen LogP contribution in [0.1, 0.15) is 12.1 Å². The Hall–Kier alpha value is -1.53. The number of ether oxygens (including phenoxy) is 1. The van der Waals surface area contributed by atoms with Crippen LogP contribution in [0.5, 0.6) is 0 Å². The van der Waals surface area contributed by atoms with E-state index in [-0.39, 0.29) is 69.3 Å². The average Bonchev–Trinajstić information content (AvgIpc) is 3.21. The molecule has 0 radical (unpaired) electrons. The summed E-state index contributed by atoms with van der Waals surface area (Å²) in [6.45, 7) is -0.337. The molecule has 2 unspecified atom stereocenters. The number of alkyl halides is 2. The van der Waals surface area contributed by atoms with Crippen molar-refractivity contribution < 1.29 is 41.7 Å². The van der Waals surface area contributed by atoms with Crippen molar-refractivity contribution in [1.82, 2.24) is 14.6 Å². The van der Waals surface area contributed by atoms with Crippen LogP contribution in [-0.4, -0.2) is 119 Å². The molecule has 1 fully saturated rings. The zero-order valence-corrected chi connectivity index (χ0v) is 19.8. The number of hydrogen-bond donors (Lipinski definition) is 3. The third-order valence-electron chi connectivity index (χ3n) is 4.00. The quantitative estimate of drug-likeness (QED) is 0.0547. The summed E-state index contributed by atoms with van der Waals surface area (Å²) in [5.74, 6) is -4.15. The standard InChI is InChI=1S/C15H17Cl2N5O9S2.Na.H/c1-30-21-11(7-6-32-15(18-7)19-9(23)4-16)13(25)20-12-8(2-3-31-10(24)5-17)22(14(12)26)33(27,28)29;;/h6,8,12H,2-5H2,1H3,(H,20,25)(H,18,19,23)(H,27,28,29);;/b21-11-;;. The number of hydrogen-bond acceptors (Lipinski definition) is 11. The number of nitrogens with zero attached hydrogens (tertiary/aromatic N) is 3. The fourth-order valence-electron chi connectivity index (χ4n) is 2.68. The van der Waals surface area contributed by atoms with Crippen molar-refractivity contribution in [2.45, 2.75) is 18.5 Å². The second-order valence-electron chi connectivity index (χ2n) is 6.12. The summed E-state index contributed by atoms with van der Waals surface area (Å²) in [5, 5.41) is 9.73. The summed E-state index contributed by atoms with van der Waals surface area (Å²) < 4.78 is 37.2. The first kappa shape index (κ1) is 30.5. The van der Waals surface area contributed by atoms with Gasteiger partial charge >= 0.3 is 45.8 Å². The first-order valence-electron chi connectivity index (χ1n) is 8.79. The molecule has 3 amide bonds. The average molecular weight is 570 g/mol. The molecule has 2 heterocycles. The van der Waals surface area contributed by atoms with E-state index >= 15 is 0 Å². The zero-order valence-electron chi connectivity index (χ0n) is 16.7. The monoisotopic (exact) mass is 569 g/mol. The van der Waals surface area contributed by atoms with E-state index in [1.807, 2.05) is 0 Å². The molecular formula is C15H18Cl2N5NaO9S2. The topological polar surface area (TPSA) is 194 Å². The van der Waals surface area contributed by atoms with Gasteiger partial charge in [0, 0.05) is 11.8 Å². The molecular weight excluding hydrogens is 552 g/mol. The first-order chi connectivity index (χ1) is 15.5. The Morgan fingerprint density at radius 2 is 2.00 bits per heavy atom. The predicted molar refractivity (Wildman–Crippen MR) is 123 cm³/mol. The summed E-state index contributed by atoms with van der Waals surface area (Å²) in [6, 6.07) is -2.65. The van der Waals surface area contributed by atoms with Gasteiger partial charge in [0.1, 0.15) is 30.6 Å². The number of β-lactam (4-membered cyclic amide) rings is 1. The van der Waals surface area contributed by atoms with Crippen molar-refractivity contribution >= 4 is 109 Å². The SMILES string of the molecule is CO/N=C(\C(=O)NC1C(=O)N(S(=O)(=O)O)C1CCOC(=O)CCl)c1csc(NC(=O)CCl)n1.[NaH]. The zero-order chi connectivity index (χ0) is 24.8. The molecule has 0 aromatic carbocycles. The molecule has 1 aliphatic heterocycles. The van der Waals surface area contributed by atoms with Crippen LogP contribution in [-0.2, 0) is 39.1 Å². The van der Waals surface area contributed by atoms with Gasteiger partial charge in [0.05, 0.1) is 12.6 Å². The number of rotatable bonds is 11. The Balaban J connectivity index is 0.00000578. The van der Waals surface area contributed by atoms with Crippen LogP contribution in [0, 0.1) is 0 Å². The minimum absolute atomic E-state index is 0. The van der Waals surface area contributed by atoms with E-state index in [1.165, 1.54) is 5.38 Å². The van der Waals surface area contributed by atoms with Gasteiger partial charge in [0.25, 0.3) is 11.8 Å². The van der Waals surface area contributed by atoms with E-state index in [0.29, 0.717) is 0 Å². The third kappa shape index (κ3) is 7.74. The molecule has 1 aromatic heterocycles. The number of nitrogens with one attached hydrogen (secondary N) is 2. The number of thiazole rings is 1. The predicted octanol–water partition coefficient (Wildman–Crippen LogP) is -1.31. The van der Waals surface area contributed by atoms with Gasteiger partial charge in [0.2, 0.25) is 5.91 Å². The van der Waals surface area contributed by atoms with Gasteiger partial charge in [-0.3, -0.25) is 23.7 Å². The molecule has 0 spiro atoms. The number of carbonyl (C=O) groups is 4. The van der Waals surface area contributed by atoms with E-state index in [4.69, 9.17) is 27.9 Å². The van der Waals surface area contributed by atoms with E-state index in [1.54, 1.807) is 0 Å². The number of aromatic nitrogens is 1. The third-order valence-corrected chi connectivity index (χ3v) is 6.17. The van der Waals surface area contributed by atoms with Crippen molar-refractivity contribution in [2.24, 2.45) is 5.16 Å². The summed E-state index contributed by atoms with van der Waals surface area (Å²) >= 11 is 11.7. The summed E-state index contributed by atoms with van der Waals surface area (Å²) in [4.78, 5) is 56.2. The second kappa shape index (κ2) is 13.5. The first-order valence-corrected chi connectivity index (χ1v) is 12.1. The van der Waals surface area contributed by atoms with Gasteiger partial charge in [0.15, 0.2) is 10.8 Å². The van der Waals surface area contributed by atoms with Gasteiger partial charge in [-0.05, 0) is 0 Å². The molecule has 19 heteroatoms. The molecule has 1 aliphatic rings. The van der Waals surface area contributed by atoms with Crippen molar-refractivity contribution in [1.29, 1.82) is 0 Å². The molecule has 1 saturated heterocycles. The van der Waals surface area contributed by atoms with Gasteiger partial charge in [-0.1, -0.05) is 5.16 Å². The molecule has 1 aromatic rings. The molecule has 184 valence electrons. The molecule has 3 N–H and O–H groups in total. The number of esters is 1. The van der Waals surface area contributed by atoms with Crippen LogP contribution in [0.4, 0.5) is 5.13 Å². The van der Waals surface area contributed by atoms with Crippen molar-refractivity contribution in [2.75, 3.05) is 30.8 Å². The maximum atomic E-state index is 12.7. The van der Waals surface area contributed by atoms with Gasteiger partial charge in [-0.25, -0.2) is 9.29 Å². The van der Waals surface area contributed by atoms with Crippen molar-refractivity contribution in [3.63, 3.8) is 0 Å². The van der Waals surface area contributed by atoms with Crippen molar-refractivity contribution in [3.05, 3.63) is 11.1 Å². The van der Waals surface area contributed by atoms with E-state index in [2.05, 4.69) is 25.6 Å². The molecule has 2 atom stereocenters. The van der Waals surface area contributed by atoms with E-state index in [9.17, 15) is 32.1 Å². The maximum absolute atomic E-state index is 12.7. The summed E-state index contributed by atoms with van der Waals surface area (Å²) in [7, 11) is -3.78. The van der Waals surface area contributed by atoms with Crippen LogP contribution in [0.2, 0.25) is 0 Å². The number of amides is 3. The van der Waals surface area contributed by atoms with E-state index in [0.717, 1.165) is 18.4 Å². The Bertz CT molecular complexity index is 1070. The molecule has 0 aliphatic carbocycles. The number of halogens is 2. The molecule has 14 nitrogen and oxygen atoms in total. The summed E-state index contributed by atoms with van der Waals surface area (Å²) in [5.41, 5.74) is -0.402. The molecule has 0 saturated carbocycles. The molecule has 2 rings (SSSR count). The number of oxime groups is 1.